The van der Waals surface area contributed by atoms with Gasteiger partial charge in [0.1, 0.15) is 0 Å². The Balaban J connectivity index is 3.83. The second-order valence-electron chi connectivity index (χ2n) is 1.94. The molecule has 9 heavy (non-hydrogen) atoms. The third kappa shape index (κ3) is 2.65. The molecule has 3 nitrogen and oxygen atoms in total. The van der Waals surface area contributed by atoms with Crippen LogP contribution in [0.2, 0.25) is 0 Å². The summed E-state index contributed by atoms with van der Waals surface area (Å²) < 4.78 is 0. The molecule has 54 valence electrons. The standard InChI is InChI=1S/C5H10ClNO2/c1-3-5(4(2)6)7(8)9/h4-5H,3H2,1-2H3. The summed E-state index contributed by atoms with van der Waals surface area (Å²) in [5, 5.41) is 9.72. The largest absolute Gasteiger partial charge is 0.264 e. The van der Waals surface area contributed by atoms with E-state index in [9.17, 15) is 10.1 Å². The van der Waals surface area contributed by atoms with Crippen molar-refractivity contribution in [3.05, 3.63) is 10.1 Å². The Bertz CT molecular complexity index is 105. The van der Waals surface area contributed by atoms with E-state index < -0.39 is 6.04 Å². The first kappa shape index (κ1) is 8.69. The van der Waals surface area contributed by atoms with E-state index in [0.29, 0.717) is 6.42 Å². The molecule has 0 rings (SSSR count). The minimum absolute atomic E-state index is 0.336. The van der Waals surface area contributed by atoms with Crippen LogP contribution in [0.3, 0.4) is 0 Å². The molecule has 2 unspecified atom stereocenters. The van der Waals surface area contributed by atoms with Crippen LogP contribution in [0.5, 0.6) is 0 Å². The van der Waals surface area contributed by atoms with Gasteiger partial charge in [0.05, 0.1) is 5.38 Å². The summed E-state index contributed by atoms with van der Waals surface area (Å²) in [7, 11) is 0. The number of nitro groups is 1. The number of hydrogen-bond acceptors (Lipinski definition) is 2. The van der Waals surface area contributed by atoms with Gasteiger partial charge in [-0.3, -0.25) is 10.1 Å². The van der Waals surface area contributed by atoms with Crippen molar-refractivity contribution in [2.75, 3.05) is 0 Å². The molecule has 0 heterocycles. The van der Waals surface area contributed by atoms with Gasteiger partial charge in [0, 0.05) is 11.3 Å². The average Bonchev–Trinajstić information content (AvgIpc) is 1.64. The molecule has 4 heteroatoms. The van der Waals surface area contributed by atoms with Crippen LogP contribution in [0.4, 0.5) is 0 Å². The van der Waals surface area contributed by atoms with Gasteiger partial charge in [0.2, 0.25) is 6.04 Å². The maximum atomic E-state index is 10.1. The zero-order chi connectivity index (χ0) is 7.44. The molecule has 2 atom stereocenters. The Labute approximate surface area is 59.2 Å². The van der Waals surface area contributed by atoms with E-state index in [-0.39, 0.29) is 10.3 Å². The Kier molecular flexibility index (Phi) is 3.54. The van der Waals surface area contributed by atoms with Crippen molar-refractivity contribution in [3.8, 4) is 0 Å². The molecule has 0 aliphatic carbocycles. The lowest BCUT2D eigenvalue weighted by atomic mass is 10.2. The zero-order valence-corrected chi connectivity index (χ0v) is 6.26. The SMILES string of the molecule is CCC(C(C)Cl)[N+](=O)[O-]. The van der Waals surface area contributed by atoms with Crippen molar-refractivity contribution in [3.63, 3.8) is 0 Å². The van der Waals surface area contributed by atoms with E-state index in [1.54, 1.807) is 13.8 Å². The third-order valence-electron chi connectivity index (χ3n) is 1.22. The van der Waals surface area contributed by atoms with Crippen molar-refractivity contribution in [2.24, 2.45) is 0 Å². The van der Waals surface area contributed by atoms with Crippen molar-refractivity contribution >= 4 is 11.6 Å². The molecule has 0 bridgehead atoms. The molecule has 0 aromatic rings. The fourth-order valence-corrected chi connectivity index (χ4v) is 0.912. The maximum absolute atomic E-state index is 10.1. The Morgan fingerprint density at radius 2 is 2.22 bits per heavy atom. The van der Waals surface area contributed by atoms with Gasteiger partial charge in [-0.1, -0.05) is 6.92 Å². The van der Waals surface area contributed by atoms with E-state index in [0.717, 1.165) is 0 Å². The summed E-state index contributed by atoms with van der Waals surface area (Å²) in [6, 6.07) is -0.591. The molecule has 0 aromatic carbocycles. The van der Waals surface area contributed by atoms with E-state index in [4.69, 9.17) is 11.6 Å². The second-order valence-corrected chi connectivity index (χ2v) is 2.63. The number of rotatable bonds is 3. The molecule has 0 aliphatic heterocycles. The monoisotopic (exact) mass is 151 g/mol. The van der Waals surface area contributed by atoms with Gasteiger partial charge in [-0.25, -0.2) is 0 Å². The van der Waals surface area contributed by atoms with E-state index in [2.05, 4.69) is 0 Å². The summed E-state index contributed by atoms with van der Waals surface area (Å²) in [6.07, 6.45) is 0.498. The van der Waals surface area contributed by atoms with Crippen LogP contribution < -0.4 is 0 Å². The van der Waals surface area contributed by atoms with Crippen LogP contribution in [0, 0.1) is 10.1 Å². The van der Waals surface area contributed by atoms with Crippen molar-refractivity contribution in [1.29, 1.82) is 0 Å². The van der Waals surface area contributed by atoms with Crippen molar-refractivity contribution < 1.29 is 4.92 Å². The van der Waals surface area contributed by atoms with Crippen LogP contribution in [0.25, 0.3) is 0 Å². The van der Waals surface area contributed by atoms with E-state index in [1.807, 2.05) is 0 Å². The second kappa shape index (κ2) is 3.67. The predicted molar refractivity (Wildman–Crippen MR) is 36.4 cm³/mol. The van der Waals surface area contributed by atoms with Crippen LogP contribution >= 0.6 is 11.6 Å². The minimum atomic E-state index is -0.591. The molecular weight excluding hydrogens is 142 g/mol. The fourth-order valence-electron chi connectivity index (χ4n) is 0.642. The van der Waals surface area contributed by atoms with Gasteiger partial charge in [0.15, 0.2) is 0 Å². The smallest absolute Gasteiger partial charge is 0.228 e. The first-order valence-corrected chi connectivity index (χ1v) is 3.30. The molecule has 0 saturated heterocycles. The lowest BCUT2D eigenvalue weighted by molar-refractivity contribution is -0.521. The van der Waals surface area contributed by atoms with Crippen LogP contribution in [-0.2, 0) is 0 Å². The van der Waals surface area contributed by atoms with Gasteiger partial charge in [-0.15, -0.1) is 11.6 Å². The first-order valence-electron chi connectivity index (χ1n) is 2.87. The lowest BCUT2D eigenvalue weighted by Gasteiger charge is -2.06. The number of nitrogens with zero attached hydrogens (tertiary/aromatic N) is 1. The summed E-state index contributed by atoms with van der Waals surface area (Å²) in [4.78, 5) is 9.76. The van der Waals surface area contributed by atoms with E-state index >= 15 is 0 Å². The van der Waals surface area contributed by atoms with Crippen LogP contribution in [0.15, 0.2) is 0 Å². The normalized spacial score (nSPS) is 16.8. The molecule has 0 radical (unpaired) electrons. The summed E-state index contributed by atoms with van der Waals surface area (Å²) >= 11 is 5.50. The van der Waals surface area contributed by atoms with E-state index in [1.165, 1.54) is 0 Å². The maximum Gasteiger partial charge on any atom is 0.228 e. The van der Waals surface area contributed by atoms with Gasteiger partial charge >= 0.3 is 0 Å². The Morgan fingerprint density at radius 3 is 2.22 bits per heavy atom. The molecule has 0 fully saturated rings. The molecular formula is C5H10ClNO2. The predicted octanol–water partition coefficient (Wildman–Crippen LogP) is 1.67. The van der Waals surface area contributed by atoms with Crippen LogP contribution in [-0.4, -0.2) is 16.3 Å². The Morgan fingerprint density at radius 1 is 1.78 bits per heavy atom. The quantitative estimate of drug-likeness (QED) is 0.350. The van der Waals surface area contributed by atoms with Crippen LogP contribution in [0.1, 0.15) is 20.3 Å². The van der Waals surface area contributed by atoms with Gasteiger partial charge in [0.25, 0.3) is 0 Å². The average molecular weight is 152 g/mol. The van der Waals surface area contributed by atoms with Crippen molar-refractivity contribution in [1.82, 2.24) is 0 Å². The highest BCUT2D eigenvalue weighted by atomic mass is 35.5. The summed E-state index contributed by atoms with van der Waals surface area (Å²) in [5.41, 5.74) is 0. The summed E-state index contributed by atoms with van der Waals surface area (Å²) in [5.74, 6) is 0. The third-order valence-corrected chi connectivity index (χ3v) is 1.51. The van der Waals surface area contributed by atoms with Gasteiger partial charge < -0.3 is 0 Å². The number of hydrogen-bond donors (Lipinski definition) is 0. The zero-order valence-electron chi connectivity index (χ0n) is 5.50. The molecule has 0 aliphatic rings. The highest BCUT2D eigenvalue weighted by Gasteiger charge is 2.22. The molecule has 0 amide bonds. The molecule has 0 N–H and O–H groups in total. The van der Waals surface area contributed by atoms with Crippen molar-refractivity contribution in [2.45, 2.75) is 31.7 Å². The topological polar surface area (TPSA) is 43.1 Å². The van der Waals surface area contributed by atoms with Gasteiger partial charge in [-0.2, -0.15) is 0 Å². The molecule has 0 saturated carbocycles. The number of alkyl halides is 1. The molecule has 0 spiro atoms. The first-order chi connectivity index (χ1) is 4.09. The summed E-state index contributed by atoms with van der Waals surface area (Å²) in [6.45, 7) is 3.39. The lowest BCUT2D eigenvalue weighted by Crippen LogP contribution is -2.26. The highest BCUT2D eigenvalue weighted by molar-refractivity contribution is 6.20. The van der Waals surface area contributed by atoms with Gasteiger partial charge in [-0.05, 0) is 6.92 Å². The highest BCUT2D eigenvalue weighted by Crippen LogP contribution is 2.08. The fraction of sp³-hybridized carbons (Fsp3) is 1.00. The molecule has 0 aromatic heterocycles. The minimum Gasteiger partial charge on any atom is -0.264 e. The number of halogens is 1. The Hall–Kier alpha value is -0.310.